The summed E-state index contributed by atoms with van der Waals surface area (Å²) >= 11 is 0. The maximum absolute atomic E-state index is 11.8. The molecule has 3 rings (SSSR count). The van der Waals surface area contributed by atoms with Crippen molar-refractivity contribution in [1.29, 1.82) is 0 Å². The van der Waals surface area contributed by atoms with Gasteiger partial charge in [0.2, 0.25) is 5.91 Å². The lowest BCUT2D eigenvalue weighted by Gasteiger charge is -2.07. The number of amides is 1. The second-order valence-electron chi connectivity index (χ2n) is 5.90. The Morgan fingerprint density at radius 2 is 2.12 bits per heavy atom. The summed E-state index contributed by atoms with van der Waals surface area (Å²) in [6.45, 7) is 0.395. The number of para-hydroxylation sites is 1. The van der Waals surface area contributed by atoms with Crippen LogP contribution in [-0.2, 0) is 14.6 Å². The molecule has 2 heterocycles. The first kappa shape index (κ1) is 16.4. The van der Waals surface area contributed by atoms with Gasteiger partial charge in [0, 0.05) is 24.4 Å². The van der Waals surface area contributed by atoms with Gasteiger partial charge in [-0.15, -0.1) is 0 Å². The van der Waals surface area contributed by atoms with E-state index in [0.29, 0.717) is 13.0 Å². The highest BCUT2D eigenvalue weighted by atomic mass is 32.2. The van der Waals surface area contributed by atoms with Gasteiger partial charge in [-0.2, -0.15) is 5.10 Å². The third kappa shape index (κ3) is 4.32. The Morgan fingerprint density at radius 1 is 1.33 bits per heavy atom. The van der Waals surface area contributed by atoms with E-state index < -0.39 is 9.84 Å². The predicted molar refractivity (Wildman–Crippen MR) is 92.4 cm³/mol. The topological polar surface area (TPSA) is 81.1 Å². The summed E-state index contributed by atoms with van der Waals surface area (Å²) in [5, 5.41) is 7.01. The molecular formula is C17H19N3O3S. The van der Waals surface area contributed by atoms with Crippen LogP contribution in [0.1, 0.15) is 12.0 Å². The molecule has 24 heavy (non-hydrogen) atoms. The van der Waals surface area contributed by atoms with Crippen molar-refractivity contribution in [2.24, 2.45) is 5.92 Å². The lowest BCUT2D eigenvalue weighted by Crippen LogP contribution is -2.28. The quantitative estimate of drug-likeness (QED) is 0.832. The zero-order valence-corrected chi connectivity index (χ0v) is 13.9. The molecular weight excluding hydrogens is 326 g/mol. The highest BCUT2D eigenvalue weighted by Gasteiger charge is 2.27. The first-order chi connectivity index (χ1) is 11.5. The zero-order chi connectivity index (χ0) is 17.0. The molecule has 0 saturated carbocycles. The number of sulfone groups is 1. The van der Waals surface area contributed by atoms with Crippen molar-refractivity contribution in [2.45, 2.75) is 6.42 Å². The van der Waals surface area contributed by atoms with E-state index in [1.807, 2.05) is 36.5 Å². The van der Waals surface area contributed by atoms with Gasteiger partial charge in [0.15, 0.2) is 9.84 Å². The minimum Gasteiger partial charge on any atom is -0.352 e. The first-order valence-electron chi connectivity index (χ1n) is 7.78. The summed E-state index contributed by atoms with van der Waals surface area (Å²) < 4.78 is 24.5. The number of hydrogen-bond acceptors (Lipinski definition) is 4. The highest BCUT2D eigenvalue weighted by molar-refractivity contribution is 7.91. The van der Waals surface area contributed by atoms with Crippen molar-refractivity contribution in [3.05, 3.63) is 54.4 Å². The molecule has 0 aliphatic carbocycles. The average molecular weight is 345 g/mol. The number of benzene rings is 1. The Labute approximate surface area is 141 Å². The molecule has 0 radical (unpaired) electrons. The standard InChI is InChI=1S/C17H19N3O3S/c21-17(18-10-15-8-9-24(22,23)13-15)7-6-14-11-19-20(12-14)16-4-2-1-3-5-16/h1-7,11-12,15H,8-10,13H2,(H,18,21)/b7-6-/t15-/m1/s1. The number of nitrogens with one attached hydrogen (secondary N) is 1. The molecule has 0 bridgehead atoms. The molecule has 1 aromatic carbocycles. The van der Waals surface area contributed by atoms with Crippen molar-refractivity contribution < 1.29 is 13.2 Å². The number of nitrogens with zero attached hydrogens (tertiary/aromatic N) is 2. The molecule has 1 N–H and O–H groups in total. The second-order valence-corrected chi connectivity index (χ2v) is 8.13. The number of aromatic nitrogens is 2. The average Bonchev–Trinajstić information content (AvgIpc) is 3.18. The predicted octanol–water partition coefficient (Wildman–Crippen LogP) is 1.44. The van der Waals surface area contributed by atoms with E-state index in [9.17, 15) is 13.2 Å². The number of carbonyl (C=O) groups excluding carboxylic acids is 1. The number of carbonyl (C=O) groups is 1. The van der Waals surface area contributed by atoms with Crippen LogP contribution in [0.3, 0.4) is 0 Å². The minimum absolute atomic E-state index is 0.0215. The maximum atomic E-state index is 11.8. The fraction of sp³-hybridized carbons (Fsp3) is 0.294. The van der Waals surface area contributed by atoms with Crippen LogP contribution in [0.15, 0.2) is 48.8 Å². The van der Waals surface area contributed by atoms with Crippen LogP contribution in [-0.4, -0.2) is 42.2 Å². The molecule has 1 aliphatic rings. The Balaban J connectivity index is 1.52. The Morgan fingerprint density at radius 3 is 2.83 bits per heavy atom. The van der Waals surface area contributed by atoms with Crippen molar-refractivity contribution in [2.75, 3.05) is 18.1 Å². The van der Waals surface area contributed by atoms with E-state index >= 15 is 0 Å². The molecule has 1 saturated heterocycles. The van der Waals surface area contributed by atoms with Crippen LogP contribution in [0.25, 0.3) is 11.8 Å². The third-order valence-electron chi connectivity index (χ3n) is 3.94. The van der Waals surface area contributed by atoms with Crippen LogP contribution >= 0.6 is 0 Å². The van der Waals surface area contributed by atoms with E-state index in [1.165, 1.54) is 6.08 Å². The van der Waals surface area contributed by atoms with Crippen molar-refractivity contribution in [1.82, 2.24) is 15.1 Å². The van der Waals surface area contributed by atoms with E-state index in [0.717, 1.165) is 11.3 Å². The fourth-order valence-corrected chi connectivity index (χ4v) is 4.52. The second kappa shape index (κ2) is 7.00. The monoisotopic (exact) mass is 345 g/mol. The van der Waals surface area contributed by atoms with Crippen LogP contribution in [0, 0.1) is 5.92 Å². The van der Waals surface area contributed by atoms with E-state index in [1.54, 1.807) is 17.0 Å². The van der Waals surface area contributed by atoms with E-state index in [-0.39, 0.29) is 23.3 Å². The molecule has 2 aromatic rings. The molecule has 1 aliphatic heterocycles. The SMILES string of the molecule is O=C(/C=C\c1cnn(-c2ccccc2)c1)NC[C@H]1CCS(=O)(=O)C1. The fourth-order valence-electron chi connectivity index (χ4n) is 2.65. The smallest absolute Gasteiger partial charge is 0.244 e. The molecule has 126 valence electrons. The van der Waals surface area contributed by atoms with Gasteiger partial charge in [0.05, 0.1) is 23.4 Å². The molecule has 0 spiro atoms. The van der Waals surface area contributed by atoms with E-state index in [2.05, 4.69) is 10.4 Å². The van der Waals surface area contributed by atoms with Crippen LogP contribution in [0.4, 0.5) is 0 Å². The Bertz CT molecular complexity index is 841. The lowest BCUT2D eigenvalue weighted by molar-refractivity contribution is -0.116. The van der Waals surface area contributed by atoms with Crippen molar-refractivity contribution in [3.8, 4) is 5.69 Å². The molecule has 0 unspecified atom stereocenters. The minimum atomic E-state index is -2.90. The van der Waals surface area contributed by atoms with Crippen molar-refractivity contribution >= 4 is 21.8 Å². The molecule has 6 nitrogen and oxygen atoms in total. The summed E-state index contributed by atoms with van der Waals surface area (Å²) in [6, 6.07) is 9.70. The molecule has 1 amide bonds. The van der Waals surface area contributed by atoms with Crippen LogP contribution in [0.2, 0.25) is 0 Å². The van der Waals surface area contributed by atoms with Gasteiger partial charge in [-0.1, -0.05) is 18.2 Å². The van der Waals surface area contributed by atoms with Gasteiger partial charge < -0.3 is 5.32 Å². The summed E-state index contributed by atoms with van der Waals surface area (Å²) in [7, 11) is -2.90. The van der Waals surface area contributed by atoms with Crippen LogP contribution < -0.4 is 5.32 Å². The highest BCUT2D eigenvalue weighted by Crippen LogP contribution is 2.17. The third-order valence-corrected chi connectivity index (χ3v) is 5.78. The maximum Gasteiger partial charge on any atom is 0.244 e. The summed E-state index contributed by atoms with van der Waals surface area (Å²) in [4.78, 5) is 11.8. The summed E-state index contributed by atoms with van der Waals surface area (Å²) in [5.74, 6) is 0.183. The normalized spacial score (nSPS) is 19.6. The van der Waals surface area contributed by atoms with Gasteiger partial charge in [-0.3, -0.25) is 4.79 Å². The van der Waals surface area contributed by atoms with Gasteiger partial charge in [0.1, 0.15) is 0 Å². The van der Waals surface area contributed by atoms with Gasteiger partial charge >= 0.3 is 0 Å². The van der Waals surface area contributed by atoms with Gasteiger partial charge in [-0.25, -0.2) is 13.1 Å². The Kier molecular flexibility index (Phi) is 4.80. The Hall–Kier alpha value is -2.41. The molecule has 7 heteroatoms. The molecule has 1 fully saturated rings. The largest absolute Gasteiger partial charge is 0.352 e. The first-order valence-corrected chi connectivity index (χ1v) is 9.60. The van der Waals surface area contributed by atoms with Crippen molar-refractivity contribution in [3.63, 3.8) is 0 Å². The molecule has 1 aromatic heterocycles. The molecule has 1 atom stereocenters. The number of hydrogen-bond donors (Lipinski definition) is 1. The number of rotatable bonds is 5. The lowest BCUT2D eigenvalue weighted by atomic mass is 10.1. The zero-order valence-electron chi connectivity index (χ0n) is 13.1. The van der Waals surface area contributed by atoms with Gasteiger partial charge in [0.25, 0.3) is 0 Å². The van der Waals surface area contributed by atoms with E-state index in [4.69, 9.17) is 0 Å². The van der Waals surface area contributed by atoms with Crippen LogP contribution in [0.5, 0.6) is 0 Å². The summed E-state index contributed by atoms with van der Waals surface area (Å²) in [6.07, 6.45) is 7.27. The summed E-state index contributed by atoms with van der Waals surface area (Å²) in [5.41, 5.74) is 1.77. The van der Waals surface area contributed by atoms with Gasteiger partial charge in [-0.05, 0) is 30.5 Å².